The van der Waals surface area contributed by atoms with E-state index in [0.29, 0.717) is 12.5 Å². The lowest BCUT2D eigenvalue weighted by Crippen LogP contribution is -2.51. The molecule has 1 aliphatic heterocycles. The van der Waals surface area contributed by atoms with Gasteiger partial charge < -0.3 is 20.4 Å². The highest BCUT2D eigenvalue weighted by Gasteiger charge is 2.21. The smallest absolute Gasteiger partial charge is 0.191 e. The van der Waals surface area contributed by atoms with Gasteiger partial charge in [0.15, 0.2) is 11.1 Å². The second-order valence-corrected chi connectivity index (χ2v) is 7.40. The van der Waals surface area contributed by atoms with Crippen molar-refractivity contribution in [1.29, 1.82) is 0 Å². The summed E-state index contributed by atoms with van der Waals surface area (Å²) in [4.78, 5) is 15.3. The number of likely N-dealkylation sites (N-methyl/N-ethyl adjacent to an activating group) is 1. The molecule has 0 aliphatic carbocycles. The van der Waals surface area contributed by atoms with Gasteiger partial charge in [-0.1, -0.05) is 12.1 Å². The molecule has 0 amide bonds. The van der Waals surface area contributed by atoms with E-state index in [9.17, 15) is 4.39 Å². The van der Waals surface area contributed by atoms with E-state index in [2.05, 4.69) is 19.8 Å². The maximum atomic E-state index is 13.5. The number of rotatable bonds is 5. The van der Waals surface area contributed by atoms with E-state index in [1.165, 1.54) is 6.07 Å². The van der Waals surface area contributed by atoms with Crippen LogP contribution in [0.3, 0.4) is 0 Å². The summed E-state index contributed by atoms with van der Waals surface area (Å²) in [6.45, 7) is 3.90. The Hall–Kier alpha value is -2.19. The molecule has 1 unspecified atom stereocenters. The predicted octanol–water partition coefficient (Wildman–Crippen LogP) is 2.02. The summed E-state index contributed by atoms with van der Waals surface area (Å²) in [5, 5.41) is 3.05. The first-order valence-corrected chi connectivity index (χ1v) is 9.54. The van der Waals surface area contributed by atoms with E-state index in [1.807, 2.05) is 36.6 Å². The molecule has 3 rings (SSSR count). The van der Waals surface area contributed by atoms with Crippen LogP contribution in [-0.2, 0) is 0 Å². The van der Waals surface area contributed by atoms with Gasteiger partial charge >= 0.3 is 0 Å². The number of guanidine groups is 1. The summed E-state index contributed by atoms with van der Waals surface area (Å²) in [5.74, 6) is 0.316. The first kappa shape index (κ1) is 18.6. The fraction of sp³-hybridized carbons (Fsp3) is 0.444. The zero-order chi connectivity index (χ0) is 18.5. The number of hydrogen-bond acceptors (Lipinski definition) is 5. The molecule has 2 aromatic rings. The molecule has 6 nitrogen and oxygen atoms in total. The van der Waals surface area contributed by atoms with Crippen LogP contribution in [0.2, 0.25) is 0 Å². The fourth-order valence-corrected chi connectivity index (χ4v) is 3.76. The molecular weight excluding hydrogens is 351 g/mol. The van der Waals surface area contributed by atoms with Gasteiger partial charge in [-0.2, -0.15) is 0 Å². The number of thiazole rings is 1. The van der Waals surface area contributed by atoms with Crippen LogP contribution in [0, 0.1) is 5.82 Å². The molecule has 2 N–H and O–H groups in total. The Morgan fingerprint density at radius 3 is 2.73 bits per heavy atom. The Morgan fingerprint density at radius 2 is 2.12 bits per heavy atom. The van der Waals surface area contributed by atoms with Crippen molar-refractivity contribution in [2.24, 2.45) is 10.7 Å². The van der Waals surface area contributed by atoms with Crippen molar-refractivity contribution in [2.75, 3.05) is 51.7 Å². The van der Waals surface area contributed by atoms with E-state index in [0.717, 1.165) is 36.9 Å². The molecule has 0 spiro atoms. The van der Waals surface area contributed by atoms with Gasteiger partial charge in [-0.05, 0) is 31.8 Å². The first-order chi connectivity index (χ1) is 12.5. The number of benzene rings is 1. The molecule has 1 saturated heterocycles. The van der Waals surface area contributed by atoms with Crippen LogP contribution in [0.4, 0.5) is 9.52 Å². The quantitative estimate of drug-likeness (QED) is 0.639. The van der Waals surface area contributed by atoms with Gasteiger partial charge in [0.25, 0.3) is 0 Å². The lowest BCUT2D eigenvalue weighted by molar-refractivity contribution is 0.303. The molecule has 8 heteroatoms. The van der Waals surface area contributed by atoms with Crippen LogP contribution in [0.25, 0.3) is 0 Å². The van der Waals surface area contributed by atoms with Crippen molar-refractivity contribution in [1.82, 2.24) is 14.8 Å². The Morgan fingerprint density at radius 1 is 1.35 bits per heavy atom. The molecule has 0 bridgehead atoms. The molecule has 1 aromatic heterocycles. The number of aliphatic imine (C=N–C) groups is 1. The standard InChI is InChI=1S/C18H25FN6S/c1-23(2)16(14-4-3-5-15(19)12-14)13-22-17(20)24-7-9-25(10-8-24)18-21-6-11-26-18/h3-6,11-12,16H,7-10,13H2,1-2H3,(H2,20,22). The largest absolute Gasteiger partial charge is 0.370 e. The SMILES string of the molecule is CN(C)C(CN=C(N)N1CCN(c2nccs2)CC1)c1cccc(F)c1. The van der Waals surface area contributed by atoms with Crippen LogP contribution >= 0.6 is 11.3 Å². The summed E-state index contributed by atoms with van der Waals surface area (Å²) in [6, 6.07) is 6.65. The number of piperazine rings is 1. The van der Waals surface area contributed by atoms with E-state index < -0.39 is 0 Å². The minimum absolute atomic E-state index is 0.0131. The lowest BCUT2D eigenvalue weighted by Gasteiger charge is -2.35. The van der Waals surface area contributed by atoms with E-state index in [1.54, 1.807) is 23.5 Å². The average Bonchev–Trinajstić information content (AvgIpc) is 3.16. The van der Waals surface area contributed by atoms with Gasteiger partial charge in [0.05, 0.1) is 12.6 Å². The van der Waals surface area contributed by atoms with Crippen LogP contribution in [0.5, 0.6) is 0 Å². The first-order valence-electron chi connectivity index (χ1n) is 8.66. The lowest BCUT2D eigenvalue weighted by atomic mass is 10.1. The fourth-order valence-electron chi connectivity index (χ4n) is 3.06. The monoisotopic (exact) mass is 376 g/mol. The second kappa shape index (κ2) is 8.46. The van der Waals surface area contributed by atoms with Gasteiger partial charge in [0.2, 0.25) is 0 Å². The average molecular weight is 377 g/mol. The third kappa shape index (κ3) is 4.50. The summed E-state index contributed by atoms with van der Waals surface area (Å²) in [6.07, 6.45) is 1.83. The molecular formula is C18H25FN6S. The number of halogens is 1. The number of nitrogens with two attached hydrogens (primary N) is 1. The third-order valence-corrected chi connectivity index (χ3v) is 5.41. The molecule has 0 saturated carbocycles. The predicted molar refractivity (Wildman–Crippen MR) is 105 cm³/mol. The Labute approximate surface area is 157 Å². The van der Waals surface area contributed by atoms with Crippen molar-refractivity contribution in [3.8, 4) is 0 Å². The zero-order valence-electron chi connectivity index (χ0n) is 15.2. The Bertz CT molecular complexity index is 725. The zero-order valence-corrected chi connectivity index (χ0v) is 16.0. The summed E-state index contributed by atoms with van der Waals surface area (Å²) < 4.78 is 13.5. The van der Waals surface area contributed by atoms with Gasteiger partial charge in [0, 0.05) is 37.8 Å². The maximum Gasteiger partial charge on any atom is 0.191 e. The molecule has 1 atom stereocenters. The van der Waals surface area contributed by atoms with Crippen LogP contribution in [0.15, 0.2) is 40.8 Å². The van der Waals surface area contributed by atoms with Crippen molar-refractivity contribution >= 4 is 22.4 Å². The highest BCUT2D eigenvalue weighted by atomic mass is 32.1. The molecule has 1 aromatic carbocycles. The van der Waals surface area contributed by atoms with Gasteiger partial charge in [-0.25, -0.2) is 9.37 Å². The number of anilines is 1. The van der Waals surface area contributed by atoms with Gasteiger partial charge in [-0.15, -0.1) is 11.3 Å². The number of hydrogen-bond donors (Lipinski definition) is 1. The minimum Gasteiger partial charge on any atom is -0.370 e. The van der Waals surface area contributed by atoms with Crippen molar-refractivity contribution < 1.29 is 4.39 Å². The summed E-state index contributed by atoms with van der Waals surface area (Å²) in [7, 11) is 3.93. The van der Waals surface area contributed by atoms with Crippen molar-refractivity contribution in [2.45, 2.75) is 6.04 Å². The molecule has 0 radical (unpaired) electrons. The normalized spacial score (nSPS) is 17.0. The van der Waals surface area contributed by atoms with E-state index in [-0.39, 0.29) is 11.9 Å². The Balaban J connectivity index is 1.60. The number of aromatic nitrogens is 1. The van der Waals surface area contributed by atoms with Crippen LogP contribution in [-0.4, -0.2) is 67.6 Å². The highest BCUT2D eigenvalue weighted by Crippen LogP contribution is 2.20. The van der Waals surface area contributed by atoms with E-state index in [4.69, 9.17) is 5.73 Å². The summed E-state index contributed by atoms with van der Waals surface area (Å²) in [5.41, 5.74) is 7.12. The molecule has 140 valence electrons. The minimum atomic E-state index is -0.232. The maximum absolute atomic E-state index is 13.5. The van der Waals surface area contributed by atoms with Crippen molar-refractivity contribution in [3.05, 3.63) is 47.2 Å². The van der Waals surface area contributed by atoms with Crippen molar-refractivity contribution in [3.63, 3.8) is 0 Å². The Kier molecular flexibility index (Phi) is 6.05. The molecule has 2 heterocycles. The highest BCUT2D eigenvalue weighted by molar-refractivity contribution is 7.13. The van der Waals surface area contributed by atoms with E-state index >= 15 is 0 Å². The molecule has 1 aliphatic rings. The molecule has 1 fully saturated rings. The summed E-state index contributed by atoms with van der Waals surface area (Å²) >= 11 is 1.65. The van der Waals surface area contributed by atoms with Crippen LogP contribution < -0.4 is 10.6 Å². The van der Waals surface area contributed by atoms with Gasteiger partial charge in [-0.3, -0.25) is 4.99 Å². The number of nitrogens with zero attached hydrogens (tertiary/aromatic N) is 5. The topological polar surface area (TPSA) is 61.0 Å². The van der Waals surface area contributed by atoms with Gasteiger partial charge in [0.1, 0.15) is 5.82 Å². The van der Waals surface area contributed by atoms with Crippen LogP contribution in [0.1, 0.15) is 11.6 Å². The third-order valence-electron chi connectivity index (χ3n) is 4.58. The molecule has 26 heavy (non-hydrogen) atoms. The second-order valence-electron chi connectivity index (χ2n) is 6.52.